The summed E-state index contributed by atoms with van der Waals surface area (Å²) in [6.07, 6.45) is 0. The molecule has 2 N–H and O–H groups in total. The topological polar surface area (TPSA) is 58.7 Å². The minimum Gasteiger partial charge on any atom is -0.369 e. The van der Waals surface area contributed by atoms with Gasteiger partial charge in [0.2, 0.25) is 0 Å². The molecule has 0 aromatic heterocycles. The summed E-state index contributed by atoms with van der Waals surface area (Å²) in [4.78, 5) is 19.8. The van der Waals surface area contributed by atoms with Crippen molar-refractivity contribution < 1.29 is 4.79 Å². The van der Waals surface area contributed by atoms with Crippen molar-refractivity contribution in [1.82, 2.24) is 4.90 Å². The van der Waals surface area contributed by atoms with Gasteiger partial charge in [0.15, 0.2) is 11.5 Å². The highest BCUT2D eigenvalue weighted by Crippen LogP contribution is 2.40. The van der Waals surface area contributed by atoms with Crippen LogP contribution in [-0.2, 0) is 16.9 Å². The molecule has 0 spiro atoms. The summed E-state index contributed by atoms with van der Waals surface area (Å²) in [5.41, 5.74) is 7.23. The molecule has 6 heteroatoms. The summed E-state index contributed by atoms with van der Waals surface area (Å²) in [6, 6.07) is 24.0. The summed E-state index contributed by atoms with van der Waals surface area (Å²) < 4.78 is 0. The fraction of sp³-hybridized carbons (Fsp3) is 0.0909. The van der Waals surface area contributed by atoms with Crippen molar-refractivity contribution in [2.75, 3.05) is 0 Å². The lowest BCUT2D eigenvalue weighted by molar-refractivity contribution is -0.130. The molecule has 140 valence electrons. The number of amides is 1. The van der Waals surface area contributed by atoms with E-state index in [1.54, 1.807) is 18.2 Å². The van der Waals surface area contributed by atoms with E-state index in [0.29, 0.717) is 15.6 Å². The van der Waals surface area contributed by atoms with Crippen LogP contribution in [0.4, 0.5) is 0 Å². The average molecular weight is 410 g/mol. The van der Waals surface area contributed by atoms with Gasteiger partial charge in [-0.05, 0) is 34.9 Å². The molecular formula is C22H17Cl2N3O. The maximum absolute atomic E-state index is 13.7. The van der Waals surface area contributed by atoms with Crippen molar-refractivity contribution in [3.63, 3.8) is 0 Å². The number of rotatable bonds is 4. The van der Waals surface area contributed by atoms with E-state index in [9.17, 15) is 4.79 Å². The van der Waals surface area contributed by atoms with E-state index in [1.807, 2.05) is 60.7 Å². The molecule has 0 radical (unpaired) electrons. The van der Waals surface area contributed by atoms with Gasteiger partial charge in [0.05, 0.1) is 6.54 Å². The number of nitrogens with two attached hydrogens (primary N) is 1. The summed E-state index contributed by atoms with van der Waals surface area (Å²) in [5.74, 6) is -0.0767. The number of carbonyl (C=O) groups excluding carboxylic acids is 1. The van der Waals surface area contributed by atoms with E-state index in [1.165, 1.54) is 4.90 Å². The maximum atomic E-state index is 13.7. The van der Waals surface area contributed by atoms with E-state index in [0.717, 1.165) is 11.1 Å². The Hall–Kier alpha value is -2.82. The Bertz CT molecular complexity index is 1010. The lowest BCUT2D eigenvalue weighted by Crippen LogP contribution is -2.43. The van der Waals surface area contributed by atoms with E-state index >= 15 is 0 Å². The van der Waals surface area contributed by atoms with Gasteiger partial charge in [0.1, 0.15) is 0 Å². The molecule has 4 rings (SSSR count). The summed E-state index contributed by atoms with van der Waals surface area (Å²) >= 11 is 12.4. The number of hydrogen-bond acceptors (Lipinski definition) is 3. The first-order valence-electron chi connectivity index (χ1n) is 8.74. The number of aliphatic imine (C=N–C) groups is 1. The fourth-order valence-corrected chi connectivity index (χ4v) is 3.84. The third-order valence-corrected chi connectivity index (χ3v) is 5.44. The smallest absolute Gasteiger partial charge is 0.266 e. The molecule has 1 amide bonds. The molecule has 0 aliphatic carbocycles. The first-order chi connectivity index (χ1) is 13.5. The molecule has 0 saturated heterocycles. The van der Waals surface area contributed by atoms with Crippen LogP contribution < -0.4 is 5.73 Å². The molecule has 4 nitrogen and oxygen atoms in total. The van der Waals surface area contributed by atoms with Crippen LogP contribution in [0, 0.1) is 0 Å². The molecule has 28 heavy (non-hydrogen) atoms. The minimum absolute atomic E-state index is 0.147. The van der Waals surface area contributed by atoms with Crippen LogP contribution in [0.5, 0.6) is 0 Å². The Labute approximate surface area is 173 Å². The molecule has 0 bridgehead atoms. The van der Waals surface area contributed by atoms with Crippen molar-refractivity contribution in [2.24, 2.45) is 10.7 Å². The van der Waals surface area contributed by atoms with Crippen LogP contribution in [0.2, 0.25) is 10.0 Å². The molecule has 1 aliphatic rings. The van der Waals surface area contributed by atoms with Crippen molar-refractivity contribution >= 4 is 35.1 Å². The summed E-state index contributed by atoms with van der Waals surface area (Å²) in [7, 11) is 0. The van der Waals surface area contributed by atoms with Crippen molar-refractivity contribution in [2.45, 2.75) is 12.1 Å². The number of carbonyl (C=O) groups is 1. The molecule has 3 aromatic rings. The summed E-state index contributed by atoms with van der Waals surface area (Å²) in [6.45, 7) is 0.189. The number of benzene rings is 3. The maximum Gasteiger partial charge on any atom is 0.266 e. The molecule has 0 unspecified atom stereocenters. The highest BCUT2D eigenvalue weighted by molar-refractivity contribution is 6.33. The lowest BCUT2D eigenvalue weighted by atomic mass is 9.83. The van der Waals surface area contributed by atoms with Crippen LogP contribution >= 0.6 is 23.2 Å². The molecule has 3 aromatic carbocycles. The number of halogens is 2. The zero-order valence-electron chi connectivity index (χ0n) is 14.8. The largest absolute Gasteiger partial charge is 0.369 e. The second-order valence-corrected chi connectivity index (χ2v) is 7.38. The van der Waals surface area contributed by atoms with E-state index in [-0.39, 0.29) is 18.4 Å². The molecule has 0 saturated carbocycles. The quantitative estimate of drug-likeness (QED) is 0.684. The predicted molar refractivity (Wildman–Crippen MR) is 112 cm³/mol. The van der Waals surface area contributed by atoms with Crippen molar-refractivity contribution in [1.29, 1.82) is 0 Å². The average Bonchev–Trinajstić information content (AvgIpc) is 2.97. The van der Waals surface area contributed by atoms with E-state index < -0.39 is 5.54 Å². The number of nitrogens with zero attached hydrogens (tertiary/aromatic N) is 2. The first-order valence-corrected chi connectivity index (χ1v) is 9.50. The van der Waals surface area contributed by atoms with Gasteiger partial charge in [0.25, 0.3) is 5.91 Å². The Balaban J connectivity index is 1.82. The van der Waals surface area contributed by atoms with Gasteiger partial charge >= 0.3 is 0 Å². The fourth-order valence-electron chi connectivity index (χ4n) is 3.47. The minimum atomic E-state index is -1.22. The lowest BCUT2D eigenvalue weighted by Gasteiger charge is -2.27. The second kappa shape index (κ2) is 7.30. The van der Waals surface area contributed by atoms with Crippen LogP contribution in [0.25, 0.3) is 0 Å². The SMILES string of the molecule is NC1=NC(c2ccccc2)(c2ccccc2)C(=O)N1Cc1cc(Cl)ccc1Cl. The molecule has 1 aliphatic heterocycles. The monoisotopic (exact) mass is 409 g/mol. The summed E-state index contributed by atoms with van der Waals surface area (Å²) in [5, 5.41) is 1.06. The third kappa shape index (κ3) is 3.05. The van der Waals surface area contributed by atoms with Crippen molar-refractivity contribution in [3.05, 3.63) is 106 Å². The normalized spacial score (nSPS) is 15.6. The second-order valence-electron chi connectivity index (χ2n) is 6.54. The highest BCUT2D eigenvalue weighted by atomic mass is 35.5. The Kier molecular flexibility index (Phi) is 4.84. The number of guanidine groups is 1. The Morgan fingerprint density at radius 2 is 1.46 bits per heavy atom. The van der Waals surface area contributed by atoms with Crippen molar-refractivity contribution in [3.8, 4) is 0 Å². The van der Waals surface area contributed by atoms with Gasteiger partial charge in [0, 0.05) is 10.0 Å². The third-order valence-electron chi connectivity index (χ3n) is 4.83. The van der Waals surface area contributed by atoms with E-state index in [4.69, 9.17) is 28.9 Å². The zero-order valence-corrected chi connectivity index (χ0v) is 16.4. The van der Waals surface area contributed by atoms with Crippen LogP contribution in [-0.4, -0.2) is 16.8 Å². The van der Waals surface area contributed by atoms with Gasteiger partial charge < -0.3 is 5.73 Å². The standard InChI is InChI=1S/C22H17Cl2N3O/c23-18-11-12-19(24)15(13-18)14-27-20(28)22(26-21(27)25,16-7-3-1-4-8-16)17-9-5-2-6-10-17/h1-13H,14H2,(H2,25,26). The molecule has 0 atom stereocenters. The van der Waals surface area contributed by atoms with Gasteiger partial charge in [-0.25, -0.2) is 4.99 Å². The molecular weight excluding hydrogens is 393 g/mol. The van der Waals surface area contributed by atoms with Crippen LogP contribution in [0.3, 0.4) is 0 Å². The zero-order chi connectivity index (χ0) is 19.7. The Morgan fingerprint density at radius 3 is 2.04 bits per heavy atom. The van der Waals surface area contributed by atoms with Gasteiger partial charge in [-0.3, -0.25) is 9.69 Å². The van der Waals surface area contributed by atoms with Crippen LogP contribution in [0.1, 0.15) is 16.7 Å². The van der Waals surface area contributed by atoms with E-state index in [2.05, 4.69) is 4.99 Å². The Morgan fingerprint density at radius 1 is 0.893 bits per heavy atom. The molecule has 1 heterocycles. The first kappa shape index (κ1) is 18.5. The number of hydrogen-bond donors (Lipinski definition) is 1. The molecule has 0 fully saturated rings. The highest BCUT2D eigenvalue weighted by Gasteiger charge is 2.50. The van der Waals surface area contributed by atoms with Gasteiger partial charge in [-0.15, -0.1) is 0 Å². The van der Waals surface area contributed by atoms with Gasteiger partial charge in [-0.1, -0.05) is 83.9 Å². The van der Waals surface area contributed by atoms with Gasteiger partial charge in [-0.2, -0.15) is 0 Å². The van der Waals surface area contributed by atoms with Crippen LogP contribution in [0.15, 0.2) is 83.9 Å². The predicted octanol–water partition coefficient (Wildman–Crippen LogP) is 4.59.